The normalized spacial score (nSPS) is 12.9. The van der Waals surface area contributed by atoms with E-state index in [0.717, 1.165) is 35.1 Å². The van der Waals surface area contributed by atoms with Gasteiger partial charge in [-0.1, -0.05) is 20.8 Å². The molecule has 1 aromatic carbocycles. The summed E-state index contributed by atoms with van der Waals surface area (Å²) in [6.45, 7) is 9.35. The molecule has 0 fully saturated rings. The highest BCUT2D eigenvalue weighted by Gasteiger charge is 2.20. The second kappa shape index (κ2) is 7.91. The number of nitrogens with zero attached hydrogens (tertiary/aromatic N) is 1. The zero-order chi connectivity index (χ0) is 18.6. The number of methoxy groups -OCH3 is 2. The van der Waals surface area contributed by atoms with E-state index < -0.39 is 0 Å². The zero-order valence-corrected chi connectivity index (χ0v) is 16.3. The van der Waals surface area contributed by atoms with Gasteiger partial charge in [-0.25, -0.2) is 4.98 Å². The Morgan fingerprint density at radius 3 is 2.48 bits per heavy atom. The van der Waals surface area contributed by atoms with Crippen LogP contribution in [-0.4, -0.2) is 31.8 Å². The van der Waals surface area contributed by atoms with Crippen molar-refractivity contribution in [2.45, 2.75) is 52.0 Å². The van der Waals surface area contributed by atoms with Gasteiger partial charge in [-0.15, -0.1) is 0 Å². The zero-order valence-electron chi connectivity index (χ0n) is 16.3. The average Bonchev–Trinajstić information content (AvgIpc) is 2.58. The molecule has 2 aromatic rings. The first kappa shape index (κ1) is 19.3. The molecule has 1 atom stereocenters. The van der Waals surface area contributed by atoms with Gasteiger partial charge in [0.05, 0.1) is 25.4 Å². The van der Waals surface area contributed by atoms with E-state index in [4.69, 9.17) is 20.2 Å². The number of hydrogen-bond donors (Lipinski definition) is 2. The number of ether oxygens (including phenoxy) is 2. The van der Waals surface area contributed by atoms with Gasteiger partial charge in [0.2, 0.25) is 0 Å². The summed E-state index contributed by atoms with van der Waals surface area (Å²) < 4.78 is 11.1. The number of hydrogen-bond acceptors (Lipinski definition) is 5. The number of pyridine rings is 1. The van der Waals surface area contributed by atoms with E-state index >= 15 is 0 Å². The largest absolute Gasteiger partial charge is 0.493 e. The third-order valence-electron chi connectivity index (χ3n) is 4.33. The summed E-state index contributed by atoms with van der Waals surface area (Å²) in [5.41, 5.74) is 8.53. The Morgan fingerprint density at radius 2 is 1.92 bits per heavy atom. The van der Waals surface area contributed by atoms with Crippen LogP contribution in [0.25, 0.3) is 10.9 Å². The average molecular weight is 345 g/mol. The molecular weight excluding hydrogens is 314 g/mol. The molecule has 1 heterocycles. The number of fused-ring (bicyclic) bond motifs is 1. The van der Waals surface area contributed by atoms with Gasteiger partial charge in [-0.3, -0.25) is 0 Å². The second-order valence-corrected chi connectivity index (χ2v) is 7.48. The maximum absolute atomic E-state index is 5.64. The lowest BCUT2D eigenvalue weighted by Crippen LogP contribution is -2.18. The molecule has 0 bridgehead atoms. The lowest BCUT2D eigenvalue weighted by molar-refractivity contribution is 0.358. The van der Waals surface area contributed by atoms with E-state index in [1.165, 1.54) is 0 Å². The molecular formula is C20H31N3O2. The highest BCUT2D eigenvalue weighted by atomic mass is 16.5. The maximum atomic E-state index is 5.64. The van der Waals surface area contributed by atoms with E-state index in [1.54, 1.807) is 14.2 Å². The van der Waals surface area contributed by atoms with Gasteiger partial charge in [0, 0.05) is 28.6 Å². The van der Waals surface area contributed by atoms with Crippen LogP contribution in [0.15, 0.2) is 18.2 Å². The Kier molecular flexibility index (Phi) is 6.11. The molecule has 25 heavy (non-hydrogen) atoms. The third-order valence-corrected chi connectivity index (χ3v) is 4.33. The van der Waals surface area contributed by atoms with Crippen molar-refractivity contribution in [2.75, 3.05) is 26.1 Å². The SMILES string of the molecule is COc1cc(NC(C)CCCN)c2nc(C(C)(C)C)ccc2c1OC. The van der Waals surface area contributed by atoms with Crippen molar-refractivity contribution in [1.29, 1.82) is 0 Å². The molecule has 0 aliphatic carbocycles. The monoisotopic (exact) mass is 345 g/mol. The number of nitrogens with one attached hydrogen (secondary N) is 1. The van der Waals surface area contributed by atoms with Crippen molar-refractivity contribution in [1.82, 2.24) is 4.98 Å². The summed E-state index contributed by atoms with van der Waals surface area (Å²) in [5.74, 6) is 1.42. The smallest absolute Gasteiger partial charge is 0.170 e. The lowest BCUT2D eigenvalue weighted by atomic mass is 9.91. The Hall–Kier alpha value is -2.01. The number of benzene rings is 1. The third kappa shape index (κ3) is 4.34. The van der Waals surface area contributed by atoms with Gasteiger partial charge in [-0.05, 0) is 38.4 Å². The van der Waals surface area contributed by atoms with Crippen LogP contribution in [0.4, 0.5) is 5.69 Å². The quantitative estimate of drug-likeness (QED) is 0.791. The maximum Gasteiger partial charge on any atom is 0.170 e. The van der Waals surface area contributed by atoms with E-state index in [0.29, 0.717) is 24.1 Å². The van der Waals surface area contributed by atoms with Crippen LogP contribution in [-0.2, 0) is 5.41 Å². The predicted molar refractivity (Wildman–Crippen MR) is 105 cm³/mol. The first-order valence-corrected chi connectivity index (χ1v) is 8.84. The van der Waals surface area contributed by atoms with Gasteiger partial charge in [-0.2, -0.15) is 0 Å². The molecule has 0 aliphatic heterocycles. The summed E-state index contributed by atoms with van der Waals surface area (Å²) in [6.07, 6.45) is 1.99. The summed E-state index contributed by atoms with van der Waals surface area (Å²) in [5, 5.41) is 4.52. The minimum Gasteiger partial charge on any atom is -0.493 e. The molecule has 1 aromatic heterocycles. The summed E-state index contributed by atoms with van der Waals surface area (Å²) in [6, 6.07) is 6.40. The van der Waals surface area contributed by atoms with Crippen molar-refractivity contribution >= 4 is 16.6 Å². The lowest BCUT2D eigenvalue weighted by Gasteiger charge is -2.22. The first-order chi connectivity index (χ1) is 11.8. The highest BCUT2D eigenvalue weighted by molar-refractivity contribution is 5.97. The fourth-order valence-corrected chi connectivity index (χ4v) is 2.90. The topological polar surface area (TPSA) is 69.4 Å². The number of nitrogens with two attached hydrogens (primary N) is 1. The van der Waals surface area contributed by atoms with E-state index in [2.05, 4.69) is 45.1 Å². The molecule has 0 saturated carbocycles. The molecule has 0 radical (unpaired) electrons. The van der Waals surface area contributed by atoms with Gasteiger partial charge >= 0.3 is 0 Å². The van der Waals surface area contributed by atoms with Crippen LogP contribution in [0.2, 0.25) is 0 Å². The van der Waals surface area contributed by atoms with Crippen LogP contribution in [0.5, 0.6) is 11.5 Å². The van der Waals surface area contributed by atoms with Crippen LogP contribution >= 0.6 is 0 Å². The molecule has 0 spiro atoms. The van der Waals surface area contributed by atoms with Crippen molar-refractivity contribution in [3.8, 4) is 11.5 Å². The summed E-state index contributed by atoms with van der Waals surface area (Å²) in [7, 11) is 3.31. The Balaban J connectivity index is 2.60. The molecule has 0 saturated heterocycles. The molecule has 2 rings (SSSR count). The fraction of sp³-hybridized carbons (Fsp3) is 0.550. The van der Waals surface area contributed by atoms with Crippen molar-refractivity contribution in [2.24, 2.45) is 5.73 Å². The van der Waals surface area contributed by atoms with Gasteiger partial charge < -0.3 is 20.5 Å². The van der Waals surface area contributed by atoms with Gasteiger partial charge in [0.1, 0.15) is 0 Å². The van der Waals surface area contributed by atoms with Crippen LogP contribution < -0.4 is 20.5 Å². The minimum atomic E-state index is -0.0240. The molecule has 0 aliphatic rings. The van der Waals surface area contributed by atoms with Crippen LogP contribution in [0.3, 0.4) is 0 Å². The summed E-state index contributed by atoms with van der Waals surface area (Å²) >= 11 is 0. The fourth-order valence-electron chi connectivity index (χ4n) is 2.90. The molecule has 5 nitrogen and oxygen atoms in total. The van der Waals surface area contributed by atoms with Crippen molar-refractivity contribution in [3.63, 3.8) is 0 Å². The first-order valence-electron chi connectivity index (χ1n) is 8.84. The van der Waals surface area contributed by atoms with Crippen molar-refractivity contribution in [3.05, 3.63) is 23.9 Å². The summed E-state index contributed by atoms with van der Waals surface area (Å²) in [4.78, 5) is 4.94. The minimum absolute atomic E-state index is 0.0240. The Labute approximate surface area is 150 Å². The van der Waals surface area contributed by atoms with E-state index in [9.17, 15) is 0 Å². The predicted octanol–water partition coefficient (Wildman–Crippen LogP) is 4.09. The van der Waals surface area contributed by atoms with E-state index in [1.807, 2.05) is 6.07 Å². The number of aromatic nitrogens is 1. The van der Waals surface area contributed by atoms with E-state index in [-0.39, 0.29) is 5.41 Å². The molecule has 0 amide bonds. The van der Waals surface area contributed by atoms with Gasteiger partial charge in [0.15, 0.2) is 11.5 Å². The Morgan fingerprint density at radius 1 is 1.20 bits per heavy atom. The highest BCUT2D eigenvalue weighted by Crippen LogP contribution is 2.40. The number of rotatable bonds is 7. The molecule has 1 unspecified atom stereocenters. The van der Waals surface area contributed by atoms with Crippen LogP contribution in [0, 0.1) is 0 Å². The molecule has 3 N–H and O–H groups in total. The van der Waals surface area contributed by atoms with Gasteiger partial charge in [0.25, 0.3) is 0 Å². The number of anilines is 1. The molecule has 138 valence electrons. The molecule has 5 heteroatoms. The Bertz CT molecular complexity index is 723. The van der Waals surface area contributed by atoms with Crippen LogP contribution in [0.1, 0.15) is 46.2 Å². The standard InChI is InChI=1S/C20H31N3O2/c1-13(8-7-11-21)22-15-12-16(24-5)19(25-6)14-9-10-17(20(2,3)4)23-18(14)15/h9-10,12-13,22H,7-8,11,21H2,1-6H3. The second-order valence-electron chi connectivity index (χ2n) is 7.48. The van der Waals surface area contributed by atoms with Crippen molar-refractivity contribution < 1.29 is 9.47 Å².